The van der Waals surface area contributed by atoms with Gasteiger partial charge in [0.1, 0.15) is 0 Å². The van der Waals surface area contributed by atoms with Gasteiger partial charge < -0.3 is 10.1 Å². The second-order valence-electron chi connectivity index (χ2n) is 3.76. The summed E-state index contributed by atoms with van der Waals surface area (Å²) < 4.78 is 19.0. The summed E-state index contributed by atoms with van der Waals surface area (Å²) in [7, 11) is 0. The molecule has 15 heavy (non-hydrogen) atoms. The Morgan fingerprint density at radius 2 is 2.40 bits per heavy atom. The highest BCUT2D eigenvalue weighted by atomic mass is 19.1. The van der Waals surface area contributed by atoms with E-state index >= 15 is 0 Å². The minimum absolute atomic E-state index is 0.225. The normalized spacial score (nSPS) is 20.3. The molecule has 0 spiro atoms. The third-order valence-electron chi connectivity index (χ3n) is 2.71. The van der Waals surface area contributed by atoms with E-state index in [1.807, 2.05) is 6.07 Å². The fourth-order valence-electron chi connectivity index (χ4n) is 2.03. The van der Waals surface area contributed by atoms with E-state index in [-0.39, 0.29) is 11.9 Å². The number of hydrogen-bond acceptors (Lipinski definition) is 2. The molecule has 0 fully saturated rings. The summed E-state index contributed by atoms with van der Waals surface area (Å²) in [4.78, 5) is 0. The molecule has 1 heterocycles. The average molecular weight is 209 g/mol. The Morgan fingerprint density at radius 3 is 3.20 bits per heavy atom. The minimum Gasteiger partial charge on any atom is -0.490 e. The van der Waals surface area contributed by atoms with Crippen molar-refractivity contribution >= 4 is 0 Å². The molecule has 2 rings (SSSR count). The number of hydrogen-bond donors (Lipinski definition) is 1. The van der Waals surface area contributed by atoms with Gasteiger partial charge in [-0.1, -0.05) is 19.1 Å². The van der Waals surface area contributed by atoms with Crippen LogP contribution in [0.15, 0.2) is 18.2 Å². The highest BCUT2D eigenvalue weighted by Crippen LogP contribution is 2.33. The first-order valence-electron chi connectivity index (χ1n) is 5.47. The number of ether oxygens (including phenoxy) is 1. The molecule has 1 aromatic rings. The first-order chi connectivity index (χ1) is 7.33. The molecule has 3 heteroatoms. The zero-order valence-electron chi connectivity index (χ0n) is 8.92. The van der Waals surface area contributed by atoms with Crippen LogP contribution in [-0.4, -0.2) is 13.2 Å². The fourth-order valence-corrected chi connectivity index (χ4v) is 2.03. The van der Waals surface area contributed by atoms with Crippen LogP contribution >= 0.6 is 0 Å². The third-order valence-corrected chi connectivity index (χ3v) is 2.71. The van der Waals surface area contributed by atoms with Gasteiger partial charge in [0.2, 0.25) is 0 Å². The number of benzene rings is 1. The molecule has 0 aliphatic carbocycles. The maximum Gasteiger partial charge on any atom is 0.165 e. The second-order valence-corrected chi connectivity index (χ2v) is 3.76. The van der Waals surface area contributed by atoms with Crippen LogP contribution in [0.5, 0.6) is 5.75 Å². The lowest BCUT2D eigenvalue weighted by atomic mass is 10.0. The van der Waals surface area contributed by atoms with Crippen LogP contribution in [0.3, 0.4) is 0 Å². The van der Waals surface area contributed by atoms with Crippen LogP contribution < -0.4 is 10.1 Å². The summed E-state index contributed by atoms with van der Waals surface area (Å²) in [6, 6.07) is 5.36. The van der Waals surface area contributed by atoms with E-state index in [2.05, 4.69) is 12.2 Å². The first-order valence-corrected chi connectivity index (χ1v) is 5.47. The standard InChI is InChI=1S/C12H16FNO/c1-2-14-11-7-4-8-15-12-9(11)5-3-6-10(12)13/h3,5-6,11,14H,2,4,7-8H2,1H3. The van der Waals surface area contributed by atoms with Crippen LogP contribution in [0.4, 0.5) is 4.39 Å². The molecule has 1 N–H and O–H groups in total. The zero-order valence-corrected chi connectivity index (χ0v) is 8.92. The summed E-state index contributed by atoms with van der Waals surface area (Å²) in [5.74, 6) is 0.179. The highest BCUT2D eigenvalue weighted by Gasteiger charge is 2.21. The molecule has 0 bridgehead atoms. The molecule has 2 nitrogen and oxygen atoms in total. The predicted octanol–water partition coefficient (Wildman–Crippen LogP) is 2.65. The van der Waals surface area contributed by atoms with Gasteiger partial charge >= 0.3 is 0 Å². The summed E-state index contributed by atoms with van der Waals surface area (Å²) in [5.41, 5.74) is 0.953. The molecular weight excluding hydrogens is 193 g/mol. The molecule has 1 atom stereocenters. The van der Waals surface area contributed by atoms with Crippen molar-refractivity contribution in [2.45, 2.75) is 25.8 Å². The van der Waals surface area contributed by atoms with E-state index in [0.717, 1.165) is 24.9 Å². The Bertz CT molecular complexity index is 340. The predicted molar refractivity (Wildman–Crippen MR) is 57.5 cm³/mol. The molecule has 0 saturated heterocycles. The van der Waals surface area contributed by atoms with E-state index < -0.39 is 0 Å². The topological polar surface area (TPSA) is 21.3 Å². The number of nitrogens with one attached hydrogen (secondary N) is 1. The Kier molecular flexibility index (Phi) is 3.21. The number of para-hydroxylation sites is 1. The molecule has 1 aliphatic heterocycles. The molecule has 0 amide bonds. The van der Waals surface area contributed by atoms with Gasteiger partial charge in [0.25, 0.3) is 0 Å². The van der Waals surface area contributed by atoms with Gasteiger partial charge in [-0.05, 0) is 25.5 Å². The monoisotopic (exact) mass is 209 g/mol. The lowest BCUT2D eigenvalue weighted by Crippen LogP contribution is -2.20. The summed E-state index contributed by atoms with van der Waals surface area (Å²) >= 11 is 0. The highest BCUT2D eigenvalue weighted by molar-refractivity contribution is 5.38. The largest absolute Gasteiger partial charge is 0.490 e. The van der Waals surface area contributed by atoms with Gasteiger partial charge in [0.05, 0.1) is 6.61 Å². The molecule has 1 aliphatic rings. The van der Waals surface area contributed by atoms with Gasteiger partial charge in [0.15, 0.2) is 11.6 Å². The molecule has 0 saturated carbocycles. The molecule has 82 valence electrons. The Balaban J connectivity index is 2.36. The van der Waals surface area contributed by atoms with Crippen LogP contribution in [0, 0.1) is 5.82 Å². The van der Waals surface area contributed by atoms with Crippen molar-refractivity contribution in [3.8, 4) is 5.75 Å². The van der Waals surface area contributed by atoms with Crippen molar-refractivity contribution in [2.75, 3.05) is 13.2 Å². The molecule has 0 aromatic heterocycles. The van der Waals surface area contributed by atoms with Crippen molar-refractivity contribution < 1.29 is 9.13 Å². The summed E-state index contributed by atoms with van der Waals surface area (Å²) in [6.45, 7) is 3.56. The van der Waals surface area contributed by atoms with Crippen LogP contribution in [0.1, 0.15) is 31.4 Å². The quantitative estimate of drug-likeness (QED) is 0.808. The Labute approximate surface area is 89.4 Å². The van der Waals surface area contributed by atoms with Crippen molar-refractivity contribution in [3.05, 3.63) is 29.6 Å². The van der Waals surface area contributed by atoms with E-state index in [4.69, 9.17) is 4.74 Å². The molecule has 1 unspecified atom stereocenters. The zero-order chi connectivity index (χ0) is 10.7. The number of fused-ring (bicyclic) bond motifs is 1. The maximum absolute atomic E-state index is 13.5. The number of halogens is 1. The third kappa shape index (κ3) is 2.12. The van der Waals surface area contributed by atoms with Gasteiger partial charge in [-0.15, -0.1) is 0 Å². The molecule has 0 radical (unpaired) electrons. The molecule has 1 aromatic carbocycles. The number of rotatable bonds is 2. The van der Waals surface area contributed by atoms with Crippen LogP contribution in [0.25, 0.3) is 0 Å². The van der Waals surface area contributed by atoms with E-state index in [1.165, 1.54) is 6.07 Å². The Hall–Kier alpha value is -1.09. The van der Waals surface area contributed by atoms with E-state index in [0.29, 0.717) is 12.4 Å². The minimum atomic E-state index is -0.252. The average Bonchev–Trinajstić information content (AvgIpc) is 2.43. The van der Waals surface area contributed by atoms with E-state index in [9.17, 15) is 4.39 Å². The maximum atomic E-state index is 13.5. The smallest absolute Gasteiger partial charge is 0.165 e. The van der Waals surface area contributed by atoms with Gasteiger partial charge in [0, 0.05) is 11.6 Å². The first kappa shape index (κ1) is 10.4. The van der Waals surface area contributed by atoms with Crippen molar-refractivity contribution in [3.63, 3.8) is 0 Å². The Morgan fingerprint density at radius 1 is 1.53 bits per heavy atom. The fraction of sp³-hybridized carbons (Fsp3) is 0.500. The van der Waals surface area contributed by atoms with Crippen molar-refractivity contribution in [1.29, 1.82) is 0 Å². The van der Waals surface area contributed by atoms with Crippen molar-refractivity contribution in [2.24, 2.45) is 0 Å². The second kappa shape index (κ2) is 4.62. The van der Waals surface area contributed by atoms with Crippen LogP contribution in [0.2, 0.25) is 0 Å². The summed E-state index contributed by atoms with van der Waals surface area (Å²) in [6.07, 6.45) is 1.97. The lowest BCUT2D eigenvalue weighted by Gasteiger charge is -2.17. The SMILES string of the molecule is CCNC1CCCOc2c(F)cccc21. The lowest BCUT2D eigenvalue weighted by molar-refractivity contribution is 0.300. The van der Waals surface area contributed by atoms with Gasteiger partial charge in [-0.2, -0.15) is 0 Å². The van der Waals surface area contributed by atoms with Gasteiger partial charge in [-0.3, -0.25) is 0 Å². The van der Waals surface area contributed by atoms with Crippen LogP contribution in [-0.2, 0) is 0 Å². The van der Waals surface area contributed by atoms with Crippen molar-refractivity contribution in [1.82, 2.24) is 5.32 Å². The molecular formula is C12H16FNO. The van der Waals surface area contributed by atoms with Gasteiger partial charge in [-0.25, -0.2) is 4.39 Å². The van der Waals surface area contributed by atoms with E-state index in [1.54, 1.807) is 6.07 Å². The summed E-state index contributed by atoms with van der Waals surface area (Å²) in [5, 5.41) is 3.36.